The first-order valence-electron chi connectivity index (χ1n) is 4.19. The van der Waals surface area contributed by atoms with Crippen LogP contribution in [-0.4, -0.2) is 20.1 Å². The minimum atomic E-state index is -3.17. The number of ether oxygens (including phenoxy) is 1. The van der Waals surface area contributed by atoms with Crippen LogP contribution in [0.15, 0.2) is 18.2 Å². The first kappa shape index (κ1) is 11.2. The summed E-state index contributed by atoms with van der Waals surface area (Å²) in [5.74, 6) is 0. The number of epoxide rings is 1. The third-order valence-electron chi connectivity index (χ3n) is 2.14. The van der Waals surface area contributed by atoms with Gasteiger partial charge in [-0.15, -0.1) is 0 Å². The van der Waals surface area contributed by atoms with Crippen molar-refractivity contribution in [2.45, 2.75) is 11.5 Å². The van der Waals surface area contributed by atoms with Crippen molar-refractivity contribution in [2.24, 2.45) is 0 Å². The lowest BCUT2D eigenvalue weighted by Crippen LogP contribution is -2.05. The van der Waals surface area contributed by atoms with Gasteiger partial charge in [0.2, 0.25) is 0 Å². The molecule has 0 spiro atoms. The summed E-state index contributed by atoms with van der Waals surface area (Å²) in [7, 11) is -3.17. The van der Waals surface area contributed by atoms with E-state index < -0.39 is 21.4 Å². The van der Waals surface area contributed by atoms with Gasteiger partial charge >= 0.3 is 0 Å². The van der Waals surface area contributed by atoms with E-state index in [0.29, 0.717) is 15.6 Å². The van der Waals surface area contributed by atoms with Crippen LogP contribution >= 0.6 is 23.2 Å². The molecule has 2 unspecified atom stereocenters. The molecule has 1 heterocycles. The SMILES string of the molecule is CS(=O)(=O)C1OC1c1ccc(Cl)cc1Cl. The van der Waals surface area contributed by atoms with Crippen molar-refractivity contribution >= 4 is 33.0 Å². The van der Waals surface area contributed by atoms with Gasteiger partial charge in [-0.1, -0.05) is 29.3 Å². The van der Waals surface area contributed by atoms with E-state index in [2.05, 4.69) is 0 Å². The molecule has 1 fully saturated rings. The molecule has 6 heteroatoms. The smallest absolute Gasteiger partial charge is 0.189 e. The normalized spacial score (nSPS) is 25.3. The van der Waals surface area contributed by atoms with Crippen molar-refractivity contribution in [3.8, 4) is 0 Å². The molecule has 2 rings (SSSR count). The Labute approximate surface area is 97.9 Å². The lowest BCUT2D eigenvalue weighted by molar-refractivity contribution is 0.400. The molecule has 1 aliphatic heterocycles. The Morgan fingerprint density at radius 3 is 2.47 bits per heavy atom. The number of sulfone groups is 1. The van der Waals surface area contributed by atoms with Crippen LogP contribution in [0.1, 0.15) is 11.7 Å². The molecule has 1 saturated heterocycles. The molecule has 15 heavy (non-hydrogen) atoms. The maximum absolute atomic E-state index is 11.2. The second-order valence-corrected chi connectivity index (χ2v) is 6.39. The summed E-state index contributed by atoms with van der Waals surface area (Å²) >= 11 is 11.6. The van der Waals surface area contributed by atoms with Gasteiger partial charge in [-0.05, 0) is 12.1 Å². The zero-order chi connectivity index (χ0) is 11.2. The van der Waals surface area contributed by atoms with Crippen LogP contribution in [0.5, 0.6) is 0 Å². The molecule has 1 aliphatic rings. The Morgan fingerprint density at radius 1 is 1.33 bits per heavy atom. The molecule has 0 radical (unpaired) electrons. The monoisotopic (exact) mass is 266 g/mol. The second-order valence-electron chi connectivity index (χ2n) is 3.42. The van der Waals surface area contributed by atoms with E-state index >= 15 is 0 Å². The van der Waals surface area contributed by atoms with Crippen LogP contribution in [0.25, 0.3) is 0 Å². The molecule has 0 N–H and O–H groups in total. The molecule has 2 atom stereocenters. The van der Waals surface area contributed by atoms with Crippen molar-refractivity contribution in [3.63, 3.8) is 0 Å². The predicted octanol–water partition coefficient (Wildman–Crippen LogP) is 2.44. The molecule has 3 nitrogen and oxygen atoms in total. The standard InChI is InChI=1S/C9H8Cl2O3S/c1-15(12,13)9-8(14-9)6-3-2-5(10)4-7(6)11/h2-4,8-9H,1H3. The summed E-state index contributed by atoms with van der Waals surface area (Å²) in [6.07, 6.45) is 0.686. The van der Waals surface area contributed by atoms with E-state index in [0.717, 1.165) is 6.26 Å². The highest BCUT2D eigenvalue weighted by Crippen LogP contribution is 2.44. The van der Waals surface area contributed by atoms with E-state index in [9.17, 15) is 8.42 Å². The van der Waals surface area contributed by atoms with E-state index in [4.69, 9.17) is 27.9 Å². The molecular weight excluding hydrogens is 259 g/mol. The maximum atomic E-state index is 11.2. The molecule has 1 aromatic carbocycles. The molecule has 0 aliphatic carbocycles. The summed E-state index contributed by atoms with van der Waals surface area (Å²) in [6.45, 7) is 0. The van der Waals surface area contributed by atoms with Gasteiger partial charge in [0.25, 0.3) is 0 Å². The highest BCUT2D eigenvalue weighted by molar-refractivity contribution is 7.91. The van der Waals surface area contributed by atoms with E-state index in [-0.39, 0.29) is 0 Å². The van der Waals surface area contributed by atoms with E-state index in [1.54, 1.807) is 18.2 Å². The maximum Gasteiger partial charge on any atom is 0.189 e. The number of hydrogen-bond acceptors (Lipinski definition) is 3. The molecular formula is C9H8Cl2O3S. The summed E-state index contributed by atoms with van der Waals surface area (Å²) < 4.78 is 27.4. The van der Waals surface area contributed by atoms with Gasteiger partial charge in [0.15, 0.2) is 15.3 Å². The second kappa shape index (κ2) is 3.63. The average molecular weight is 267 g/mol. The fourth-order valence-electron chi connectivity index (χ4n) is 1.38. The van der Waals surface area contributed by atoms with E-state index in [1.165, 1.54) is 0 Å². The van der Waals surface area contributed by atoms with Gasteiger partial charge in [0, 0.05) is 21.9 Å². The van der Waals surface area contributed by atoms with Crippen LogP contribution < -0.4 is 0 Å². The molecule has 82 valence electrons. The van der Waals surface area contributed by atoms with Crippen LogP contribution in [0.4, 0.5) is 0 Å². The summed E-state index contributed by atoms with van der Waals surface area (Å²) in [5, 5.41) is 0.943. The van der Waals surface area contributed by atoms with Crippen molar-refractivity contribution < 1.29 is 13.2 Å². The summed E-state index contributed by atoms with van der Waals surface area (Å²) in [4.78, 5) is 0. The third-order valence-corrected chi connectivity index (χ3v) is 3.91. The van der Waals surface area contributed by atoms with E-state index in [1.807, 2.05) is 0 Å². The summed E-state index contributed by atoms with van der Waals surface area (Å²) in [5.41, 5.74) is -0.104. The van der Waals surface area contributed by atoms with Gasteiger partial charge in [0.1, 0.15) is 6.10 Å². The van der Waals surface area contributed by atoms with Crippen molar-refractivity contribution in [3.05, 3.63) is 33.8 Å². The highest BCUT2D eigenvalue weighted by Gasteiger charge is 2.48. The highest BCUT2D eigenvalue weighted by atomic mass is 35.5. The van der Waals surface area contributed by atoms with Crippen LogP contribution in [-0.2, 0) is 14.6 Å². The molecule has 0 bridgehead atoms. The van der Waals surface area contributed by atoms with Crippen LogP contribution in [0.2, 0.25) is 10.0 Å². The largest absolute Gasteiger partial charge is 0.347 e. The Balaban J connectivity index is 2.28. The first-order chi connectivity index (χ1) is 6.89. The number of halogens is 2. The Bertz CT molecular complexity index is 498. The van der Waals surface area contributed by atoms with Crippen LogP contribution in [0, 0.1) is 0 Å². The fourth-order valence-corrected chi connectivity index (χ4v) is 2.81. The lowest BCUT2D eigenvalue weighted by Gasteiger charge is -2.00. The van der Waals surface area contributed by atoms with Gasteiger partial charge in [-0.2, -0.15) is 0 Å². The zero-order valence-corrected chi connectivity index (χ0v) is 10.1. The minimum absolute atomic E-state index is 0.429. The quantitative estimate of drug-likeness (QED) is 0.773. The summed E-state index contributed by atoms with van der Waals surface area (Å²) in [6, 6.07) is 4.91. The molecule has 0 saturated carbocycles. The van der Waals surface area contributed by atoms with Crippen molar-refractivity contribution in [1.29, 1.82) is 0 Å². The fraction of sp³-hybridized carbons (Fsp3) is 0.333. The Morgan fingerprint density at radius 2 is 2.00 bits per heavy atom. The predicted molar refractivity (Wildman–Crippen MR) is 58.9 cm³/mol. The average Bonchev–Trinajstić information content (AvgIpc) is 2.82. The van der Waals surface area contributed by atoms with Crippen molar-refractivity contribution in [1.82, 2.24) is 0 Å². The number of benzene rings is 1. The van der Waals surface area contributed by atoms with Gasteiger partial charge in [-0.3, -0.25) is 0 Å². The molecule has 0 amide bonds. The third kappa shape index (κ3) is 2.28. The van der Waals surface area contributed by atoms with Gasteiger partial charge < -0.3 is 4.74 Å². The zero-order valence-electron chi connectivity index (χ0n) is 7.78. The Hall–Kier alpha value is -0.290. The molecule has 1 aromatic rings. The van der Waals surface area contributed by atoms with Crippen molar-refractivity contribution in [2.75, 3.05) is 6.26 Å². The van der Waals surface area contributed by atoms with Crippen LogP contribution in [0.3, 0.4) is 0 Å². The van der Waals surface area contributed by atoms with Gasteiger partial charge in [0.05, 0.1) is 0 Å². The number of rotatable bonds is 2. The number of hydrogen-bond donors (Lipinski definition) is 0. The first-order valence-corrected chi connectivity index (χ1v) is 6.90. The molecule has 0 aromatic heterocycles. The van der Waals surface area contributed by atoms with Gasteiger partial charge in [-0.25, -0.2) is 8.42 Å². The topological polar surface area (TPSA) is 46.7 Å². The lowest BCUT2D eigenvalue weighted by atomic mass is 10.2. The minimum Gasteiger partial charge on any atom is -0.347 e. The Kier molecular flexibility index (Phi) is 2.71.